The van der Waals surface area contributed by atoms with Gasteiger partial charge in [-0.15, -0.1) is 0 Å². The van der Waals surface area contributed by atoms with Gasteiger partial charge < -0.3 is 26.0 Å². The van der Waals surface area contributed by atoms with Crippen LogP contribution in [0.1, 0.15) is 27.2 Å². The van der Waals surface area contributed by atoms with Crippen molar-refractivity contribution in [1.82, 2.24) is 21.3 Å². The van der Waals surface area contributed by atoms with Gasteiger partial charge in [-0.25, -0.2) is 4.79 Å². The van der Waals surface area contributed by atoms with Gasteiger partial charge in [-0.2, -0.15) is 12.6 Å². The molecular weight excluding hydrogens is 412 g/mol. The fourth-order valence-corrected chi connectivity index (χ4v) is 2.72. The summed E-state index contributed by atoms with van der Waals surface area (Å²) in [4.78, 5) is 61.7. The van der Waals surface area contributed by atoms with E-state index in [1.165, 1.54) is 19.1 Å². The van der Waals surface area contributed by atoms with Gasteiger partial charge in [0.25, 0.3) is 5.91 Å². The Morgan fingerprint density at radius 3 is 2.37 bits per heavy atom. The maximum Gasteiger partial charge on any atom is 0.329 e. The number of carbonyl (C=O) groups excluding carboxylic acids is 5. The molecule has 0 bridgehead atoms. The Morgan fingerprint density at radius 1 is 1.17 bits per heavy atom. The van der Waals surface area contributed by atoms with E-state index in [-0.39, 0.29) is 30.3 Å². The number of amides is 4. The van der Waals surface area contributed by atoms with Crippen molar-refractivity contribution in [3.8, 4) is 0 Å². The van der Waals surface area contributed by atoms with E-state index >= 15 is 0 Å². The quantitative estimate of drug-likeness (QED) is 0.168. The minimum Gasteiger partial charge on any atom is -0.456 e. The van der Waals surface area contributed by atoms with Crippen molar-refractivity contribution in [3.05, 3.63) is 24.4 Å². The molecule has 0 spiro atoms. The van der Waals surface area contributed by atoms with Crippen LogP contribution in [0.3, 0.4) is 0 Å². The fraction of sp³-hybridized carbons (Fsp3) is 0.526. The van der Waals surface area contributed by atoms with Crippen LogP contribution < -0.4 is 21.3 Å². The molecule has 1 saturated heterocycles. The maximum atomic E-state index is 12.6. The Morgan fingerprint density at radius 2 is 1.83 bits per heavy atom. The zero-order valence-corrected chi connectivity index (χ0v) is 18.1. The first-order valence-electron chi connectivity index (χ1n) is 9.40. The first-order chi connectivity index (χ1) is 14.1. The minimum absolute atomic E-state index is 0.0381. The first kappa shape index (κ1) is 25.2. The Hall–Kier alpha value is -2.82. The molecule has 0 aromatic carbocycles. The predicted octanol–water partition coefficient (Wildman–Crippen LogP) is -0.820. The first-order valence-corrected chi connectivity index (χ1v) is 10.0. The summed E-state index contributed by atoms with van der Waals surface area (Å²) in [6.07, 6.45) is 1.45. The lowest BCUT2D eigenvalue weighted by atomic mass is 10.0. The molecule has 0 aliphatic carbocycles. The molecule has 1 fully saturated rings. The van der Waals surface area contributed by atoms with Crippen LogP contribution in [-0.4, -0.2) is 60.1 Å². The van der Waals surface area contributed by atoms with Crippen LogP contribution >= 0.6 is 12.6 Å². The van der Waals surface area contributed by atoms with E-state index in [0.29, 0.717) is 0 Å². The number of esters is 1. The molecule has 1 heterocycles. The molecule has 0 aromatic rings. The summed E-state index contributed by atoms with van der Waals surface area (Å²) < 4.78 is 5.29. The number of ether oxygens (including phenoxy) is 1. The molecule has 166 valence electrons. The Bertz CT molecular complexity index is 737. The van der Waals surface area contributed by atoms with Crippen LogP contribution in [0.2, 0.25) is 0 Å². The zero-order chi connectivity index (χ0) is 22.8. The number of hydrogen-bond donors (Lipinski definition) is 5. The van der Waals surface area contributed by atoms with Gasteiger partial charge in [0, 0.05) is 5.75 Å². The molecule has 11 heteroatoms. The van der Waals surface area contributed by atoms with E-state index in [9.17, 15) is 24.0 Å². The van der Waals surface area contributed by atoms with Crippen LogP contribution in [0.25, 0.3) is 0 Å². The summed E-state index contributed by atoms with van der Waals surface area (Å²) in [7, 11) is 0. The molecule has 30 heavy (non-hydrogen) atoms. The van der Waals surface area contributed by atoms with Gasteiger partial charge in [-0.3, -0.25) is 19.2 Å². The molecule has 0 radical (unpaired) electrons. The SMILES string of the molecule is C=C[C@@H]1CC(=O)NCC(=O)N[C@H](CS)C(=O)N/C(=C\C)C(=O)N[C@@H](C(C)C)C(=O)O1. The molecule has 1 aliphatic heterocycles. The van der Waals surface area contributed by atoms with E-state index in [1.54, 1.807) is 13.8 Å². The third-order valence-electron chi connectivity index (χ3n) is 4.20. The lowest BCUT2D eigenvalue weighted by molar-refractivity contribution is -0.153. The van der Waals surface area contributed by atoms with Gasteiger partial charge in [0.15, 0.2) is 0 Å². The van der Waals surface area contributed by atoms with Gasteiger partial charge >= 0.3 is 5.97 Å². The topological polar surface area (TPSA) is 143 Å². The van der Waals surface area contributed by atoms with E-state index in [1.807, 2.05) is 0 Å². The third kappa shape index (κ3) is 7.54. The average molecular weight is 441 g/mol. The van der Waals surface area contributed by atoms with E-state index in [2.05, 4.69) is 40.5 Å². The van der Waals surface area contributed by atoms with E-state index in [4.69, 9.17) is 4.74 Å². The molecule has 3 atom stereocenters. The smallest absolute Gasteiger partial charge is 0.329 e. The number of carbonyl (C=O) groups is 5. The Kier molecular flexibility index (Phi) is 10.1. The van der Waals surface area contributed by atoms with Crippen molar-refractivity contribution in [1.29, 1.82) is 0 Å². The van der Waals surface area contributed by atoms with E-state index < -0.39 is 47.8 Å². The predicted molar refractivity (Wildman–Crippen MR) is 112 cm³/mol. The van der Waals surface area contributed by atoms with Crippen LogP contribution in [0.15, 0.2) is 24.4 Å². The van der Waals surface area contributed by atoms with Gasteiger partial charge in [0.1, 0.15) is 23.9 Å². The minimum atomic E-state index is -1.04. The Labute approximate surface area is 180 Å². The highest BCUT2D eigenvalue weighted by Gasteiger charge is 2.30. The normalized spacial score (nSPS) is 26.4. The molecule has 1 aliphatic rings. The van der Waals surface area contributed by atoms with Crippen molar-refractivity contribution in [2.45, 2.75) is 45.4 Å². The summed E-state index contributed by atoms with van der Waals surface area (Å²) in [6, 6.07) is -2.07. The monoisotopic (exact) mass is 440 g/mol. The second kappa shape index (κ2) is 12.0. The largest absolute Gasteiger partial charge is 0.456 e. The molecule has 0 unspecified atom stereocenters. The summed E-state index contributed by atoms with van der Waals surface area (Å²) in [5.74, 6) is -3.68. The highest BCUT2D eigenvalue weighted by molar-refractivity contribution is 7.80. The number of rotatable bonds is 3. The number of cyclic esters (lactones) is 1. The van der Waals surface area contributed by atoms with Crippen molar-refractivity contribution in [3.63, 3.8) is 0 Å². The van der Waals surface area contributed by atoms with Crippen molar-refractivity contribution in [2.24, 2.45) is 5.92 Å². The molecule has 0 saturated carbocycles. The highest BCUT2D eigenvalue weighted by Crippen LogP contribution is 2.10. The van der Waals surface area contributed by atoms with Gasteiger partial charge in [0.05, 0.1) is 13.0 Å². The van der Waals surface area contributed by atoms with Crippen molar-refractivity contribution in [2.75, 3.05) is 12.3 Å². The van der Waals surface area contributed by atoms with Gasteiger partial charge in [-0.05, 0) is 12.8 Å². The summed E-state index contributed by atoms with van der Waals surface area (Å²) in [5.41, 5.74) is -0.0971. The van der Waals surface area contributed by atoms with Crippen LogP contribution in [-0.2, 0) is 28.7 Å². The highest BCUT2D eigenvalue weighted by atomic mass is 32.1. The van der Waals surface area contributed by atoms with Crippen LogP contribution in [0, 0.1) is 5.92 Å². The summed E-state index contributed by atoms with van der Waals surface area (Å²) in [6.45, 7) is 8.11. The van der Waals surface area contributed by atoms with Gasteiger partial charge in [0.2, 0.25) is 17.7 Å². The number of hydrogen-bond acceptors (Lipinski definition) is 7. The van der Waals surface area contributed by atoms with Crippen LogP contribution in [0.5, 0.6) is 0 Å². The van der Waals surface area contributed by atoms with Gasteiger partial charge in [-0.1, -0.05) is 32.6 Å². The van der Waals surface area contributed by atoms with E-state index in [0.717, 1.165) is 0 Å². The standard InChI is InChI=1S/C19H28N4O6S/c1-5-11-7-14(24)20-8-15(25)21-13(9-30)18(27)22-12(6-2)17(26)23-16(10(3)4)19(28)29-11/h5-6,10-11,13,16,30H,1,7-9H2,2-4H3,(H,20,24)(H,21,25)(H,22,27)(H,23,26)/b12-6-/t11-,13-,16+/m1/s1. The summed E-state index contributed by atoms with van der Waals surface area (Å²) >= 11 is 4.05. The lowest BCUT2D eigenvalue weighted by Crippen LogP contribution is -2.53. The van der Waals surface area contributed by atoms with Crippen molar-refractivity contribution < 1.29 is 28.7 Å². The second-order valence-corrected chi connectivity index (χ2v) is 7.25. The molecule has 1 rings (SSSR count). The molecule has 4 amide bonds. The third-order valence-corrected chi connectivity index (χ3v) is 4.56. The number of thiol groups is 1. The number of allylic oxidation sites excluding steroid dienone is 1. The number of nitrogens with one attached hydrogen (secondary N) is 4. The molecular formula is C19H28N4O6S. The molecule has 10 nitrogen and oxygen atoms in total. The Balaban J connectivity index is 3.20. The van der Waals surface area contributed by atoms with Crippen molar-refractivity contribution >= 4 is 42.2 Å². The second-order valence-electron chi connectivity index (χ2n) is 6.88. The average Bonchev–Trinajstić information content (AvgIpc) is 2.70. The zero-order valence-electron chi connectivity index (χ0n) is 17.2. The lowest BCUT2D eigenvalue weighted by Gasteiger charge is -2.25. The molecule has 4 N–H and O–H groups in total. The van der Waals surface area contributed by atoms with Crippen LogP contribution in [0.4, 0.5) is 0 Å². The summed E-state index contributed by atoms with van der Waals surface area (Å²) in [5, 5.41) is 9.76. The molecule has 0 aromatic heterocycles. The maximum absolute atomic E-state index is 12.6. The fourth-order valence-electron chi connectivity index (χ4n) is 2.47.